The van der Waals surface area contributed by atoms with Crippen LogP contribution in [0.25, 0.3) is 16.9 Å². The molecule has 202 valence electrons. The van der Waals surface area contributed by atoms with Gasteiger partial charge in [-0.15, -0.1) is 0 Å². The second kappa shape index (κ2) is 10.8. The van der Waals surface area contributed by atoms with Crippen molar-refractivity contribution < 1.29 is 13.9 Å². The van der Waals surface area contributed by atoms with Crippen molar-refractivity contribution in [3.05, 3.63) is 82.9 Å². The van der Waals surface area contributed by atoms with Gasteiger partial charge < -0.3 is 20.7 Å². The number of rotatable bonds is 7. The lowest BCUT2D eigenvalue weighted by Gasteiger charge is -2.29. The topological polar surface area (TPSA) is 98.3 Å². The summed E-state index contributed by atoms with van der Waals surface area (Å²) in [5.41, 5.74) is 12.6. The number of amides is 2. The average molecular weight is 529 g/mol. The van der Waals surface area contributed by atoms with E-state index in [0.29, 0.717) is 31.2 Å². The number of benzene rings is 2. The molecule has 0 unspecified atom stereocenters. The molecule has 0 fully saturated rings. The lowest BCUT2D eigenvalue weighted by atomic mass is 9.99. The number of urea groups is 1. The molecular weight excluding hydrogens is 495 g/mol. The molecule has 0 spiro atoms. The molecule has 4 aromatic rings. The van der Waals surface area contributed by atoms with Gasteiger partial charge in [0.15, 0.2) is 0 Å². The van der Waals surface area contributed by atoms with Crippen molar-refractivity contribution in [2.24, 2.45) is 11.7 Å². The van der Waals surface area contributed by atoms with Gasteiger partial charge in [-0.3, -0.25) is 0 Å². The SMILES string of the molecule is Cc1cc(F)cnc1N1CCc2nn(-c3c(C)cccc3OCC(C)C)c(-c3ccc(NC(N)=O)cc3)c2C1. The molecule has 0 atom stereocenters. The molecule has 0 radical (unpaired) electrons. The highest BCUT2D eigenvalue weighted by Crippen LogP contribution is 2.38. The number of fused-ring (bicyclic) bond motifs is 1. The minimum atomic E-state index is -0.616. The average Bonchev–Trinajstić information content (AvgIpc) is 3.25. The Kier molecular flexibility index (Phi) is 7.24. The van der Waals surface area contributed by atoms with Gasteiger partial charge in [0.25, 0.3) is 0 Å². The number of nitrogens with one attached hydrogen (secondary N) is 1. The number of aryl methyl sites for hydroxylation is 2. The normalized spacial score (nSPS) is 12.9. The summed E-state index contributed by atoms with van der Waals surface area (Å²) in [5.74, 6) is 1.55. The summed E-state index contributed by atoms with van der Waals surface area (Å²) in [6, 6.07) is 14.5. The molecule has 8 nitrogen and oxygen atoms in total. The van der Waals surface area contributed by atoms with Crippen molar-refractivity contribution in [2.45, 2.75) is 40.7 Å². The van der Waals surface area contributed by atoms with Crippen molar-refractivity contribution in [3.8, 4) is 22.7 Å². The van der Waals surface area contributed by atoms with Gasteiger partial charge >= 0.3 is 6.03 Å². The molecule has 1 aliphatic rings. The van der Waals surface area contributed by atoms with E-state index in [9.17, 15) is 9.18 Å². The Bertz CT molecular complexity index is 1510. The number of anilines is 2. The number of hydrogen-bond donors (Lipinski definition) is 2. The van der Waals surface area contributed by atoms with Crippen molar-refractivity contribution in [1.82, 2.24) is 14.8 Å². The molecule has 2 amide bonds. The molecule has 0 aliphatic carbocycles. The van der Waals surface area contributed by atoms with Crippen LogP contribution >= 0.6 is 0 Å². The monoisotopic (exact) mass is 528 g/mol. The third-order valence-electron chi connectivity index (χ3n) is 6.76. The Labute approximate surface area is 227 Å². The number of para-hydroxylation sites is 1. The van der Waals surface area contributed by atoms with E-state index >= 15 is 0 Å². The number of primary amides is 1. The Hall–Kier alpha value is -4.40. The van der Waals surface area contributed by atoms with Gasteiger partial charge in [-0.1, -0.05) is 38.1 Å². The lowest BCUT2D eigenvalue weighted by Crippen LogP contribution is -2.31. The molecule has 3 heterocycles. The van der Waals surface area contributed by atoms with Crippen molar-refractivity contribution in [1.29, 1.82) is 0 Å². The summed E-state index contributed by atoms with van der Waals surface area (Å²) in [5, 5.41) is 7.74. The van der Waals surface area contributed by atoms with E-state index in [4.69, 9.17) is 15.6 Å². The zero-order valence-corrected chi connectivity index (χ0v) is 22.7. The predicted molar refractivity (Wildman–Crippen MR) is 151 cm³/mol. The van der Waals surface area contributed by atoms with Gasteiger partial charge in [-0.05, 0) is 55.2 Å². The maximum absolute atomic E-state index is 13.8. The lowest BCUT2D eigenvalue weighted by molar-refractivity contribution is 0.259. The molecule has 2 aromatic heterocycles. The summed E-state index contributed by atoms with van der Waals surface area (Å²) >= 11 is 0. The summed E-state index contributed by atoms with van der Waals surface area (Å²) < 4.78 is 22.0. The van der Waals surface area contributed by atoms with E-state index in [1.807, 2.05) is 48.0 Å². The van der Waals surface area contributed by atoms with Gasteiger partial charge in [-0.25, -0.2) is 18.9 Å². The highest BCUT2D eigenvalue weighted by atomic mass is 19.1. The molecule has 2 aromatic carbocycles. The van der Waals surface area contributed by atoms with E-state index in [1.165, 1.54) is 12.3 Å². The molecule has 0 saturated heterocycles. The Morgan fingerprint density at radius 1 is 1.15 bits per heavy atom. The van der Waals surface area contributed by atoms with Crippen molar-refractivity contribution >= 4 is 17.5 Å². The Balaban J connectivity index is 1.65. The molecule has 9 heteroatoms. The first kappa shape index (κ1) is 26.2. The fourth-order valence-corrected chi connectivity index (χ4v) is 5.01. The number of halogens is 1. The van der Waals surface area contributed by atoms with Crippen LogP contribution in [0.1, 0.15) is 36.2 Å². The standard InChI is InChI=1S/C30H33FN6O2/c1-18(2)17-39-26-7-5-6-19(3)27(26)37-28(21-8-10-23(11-9-21)34-30(32)38)24-16-36(13-12-25(24)35-37)29-20(4)14-22(31)15-33-29/h5-11,14-15,18H,12-13,16-17H2,1-4H3,(H3,32,34,38). The molecule has 0 bridgehead atoms. The second-order valence-corrected chi connectivity index (χ2v) is 10.3. The quantitative estimate of drug-likeness (QED) is 0.317. The van der Waals surface area contributed by atoms with Crippen molar-refractivity contribution in [2.75, 3.05) is 23.4 Å². The Morgan fingerprint density at radius 3 is 2.62 bits per heavy atom. The van der Waals surface area contributed by atoms with Crippen LogP contribution in [0.5, 0.6) is 5.75 Å². The van der Waals surface area contributed by atoms with E-state index in [-0.39, 0.29) is 5.82 Å². The number of nitrogens with zero attached hydrogens (tertiary/aromatic N) is 4. The van der Waals surface area contributed by atoms with Crippen LogP contribution in [0.2, 0.25) is 0 Å². The van der Waals surface area contributed by atoms with Crippen LogP contribution < -0.4 is 20.7 Å². The predicted octanol–water partition coefficient (Wildman–Crippen LogP) is 5.78. The zero-order valence-electron chi connectivity index (χ0n) is 22.7. The highest BCUT2D eigenvalue weighted by molar-refractivity contribution is 5.88. The third-order valence-corrected chi connectivity index (χ3v) is 6.76. The summed E-state index contributed by atoms with van der Waals surface area (Å²) in [6.07, 6.45) is 1.97. The van der Waals surface area contributed by atoms with Crippen LogP contribution in [0.3, 0.4) is 0 Å². The first-order valence-electron chi connectivity index (χ1n) is 13.1. The number of ether oxygens (including phenoxy) is 1. The first-order valence-corrected chi connectivity index (χ1v) is 13.1. The summed E-state index contributed by atoms with van der Waals surface area (Å²) in [4.78, 5) is 17.9. The van der Waals surface area contributed by atoms with E-state index < -0.39 is 6.03 Å². The molecule has 39 heavy (non-hydrogen) atoms. The highest BCUT2D eigenvalue weighted by Gasteiger charge is 2.29. The minimum absolute atomic E-state index is 0.347. The summed E-state index contributed by atoms with van der Waals surface area (Å²) in [7, 11) is 0. The Morgan fingerprint density at radius 2 is 1.92 bits per heavy atom. The number of aromatic nitrogens is 3. The molecule has 0 saturated carbocycles. The largest absolute Gasteiger partial charge is 0.491 e. The maximum Gasteiger partial charge on any atom is 0.316 e. The third kappa shape index (κ3) is 5.43. The number of pyridine rings is 1. The number of carbonyl (C=O) groups is 1. The van der Waals surface area contributed by atoms with E-state index in [1.54, 1.807) is 0 Å². The van der Waals surface area contributed by atoms with Crippen LogP contribution in [-0.2, 0) is 13.0 Å². The van der Waals surface area contributed by atoms with E-state index in [0.717, 1.165) is 57.4 Å². The number of hydrogen-bond acceptors (Lipinski definition) is 5. The second-order valence-electron chi connectivity index (χ2n) is 10.3. The van der Waals surface area contributed by atoms with Gasteiger partial charge in [-0.2, -0.15) is 5.10 Å². The smallest absolute Gasteiger partial charge is 0.316 e. The van der Waals surface area contributed by atoms with Crippen LogP contribution in [0, 0.1) is 25.6 Å². The zero-order chi connectivity index (χ0) is 27.7. The molecule has 1 aliphatic heterocycles. The first-order chi connectivity index (χ1) is 18.7. The maximum atomic E-state index is 13.8. The molecule has 5 rings (SSSR count). The number of carbonyl (C=O) groups excluding carboxylic acids is 1. The van der Waals surface area contributed by atoms with Gasteiger partial charge in [0.05, 0.1) is 24.2 Å². The fraction of sp³-hybridized carbons (Fsp3) is 0.300. The van der Waals surface area contributed by atoms with Crippen LogP contribution in [0.4, 0.5) is 20.7 Å². The molecule has 3 N–H and O–H groups in total. The van der Waals surface area contributed by atoms with Crippen LogP contribution in [0.15, 0.2) is 54.7 Å². The van der Waals surface area contributed by atoms with Gasteiger partial charge in [0.1, 0.15) is 23.1 Å². The van der Waals surface area contributed by atoms with Gasteiger partial charge in [0.2, 0.25) is 0 Å². The van der Waals surface area contributed by atoms with E-state index in [2.05, 4.69) is 42.0 Å². The fourth-order valence-electron chi connectivity index (χ4n) is 5.01. The molecular formula is C30H33FN6O2. The summed E-state index contributed by atoms with van der Waals surface area (Å²) in [6.45, 7) is 10.0. The van der Waals surface area contributed by atoms with Gasteiger partial charge in [0, 0.05) is 36.3 Å². The number of nitrogens with two attached hydrogens (primary N) is 1. The van der Waals surface area contributed by atoms with Crippen molar-refractivity contribution in [3.63, 3.8) is 0 Å². The van der Waals surface area contributed by atoms with Crippen LogP contribution in [-0.4, -0.2) is 33.9 Å². The minimum Gasteiger partial charge on any atom is -0.491 e.